The van der Waals surface area contributed by atoms with Gasteiger partial charge in [0.1, 0.15) is 15.4 Å². The molecule has 0 saturated carbocycles. The number of hydrogen-bond donors (Lipinski definition) is 2. The summed E-state index contributed by atoms with van der Waals surface area (Å²) >= 11 is 1.45. The van der Waals surface area contributed by atoms with E-state index < -0.39 is 10.0 Å². The van der Waals surface area contributed by atoms with Gasteiger partial charge in [-0.1, -0.05) is 23.5 Å². The summed E-state index contributed by atoms with van der Waals surface area (Å²) in [4.78, 5) is 21.0. The van der Waals surface area contributed by atoms with Crippen LogP contribution in [0.5, 0.6) is 0 Å². The van der Waals surface area contributed by atoms with Crippen molar-refractivity contribution in [1.82, 2.24) is 9.97 Å². The van der Waals surface area contributed by atoms with Gasteiger partial charge in [-0.05, 0) is 55.0 Å². The number of thiazole rings is 1. The molecular formula is C21H18N4O3S2. The number of nitrogens with zero attached hydrogens (tertiary/aromatic N) is 2. The predicted octanol–water partition coefficient (Wildman–Crippen LogP) is 4.43. The maximum atomic E-state index is 12.9. The minimum absolute atomic E-state index is 0.102. The Labute approximate surface area is 177 Å². The van der Waals surface area contributed by atoms with E-state index in [9.17, 15) is 13.2 Å². The molecule has 2 aromatic heterocycles. The molecular weight excluding hydrogens is 420 g/mol. The van der Waals surface area contributed by atoms with Crippen LogP contribution in [0.25, 0.3) is 20.9 Å². The number of hydrogen-bond acceptors (Lipinski definition) is 6. The van der Waals surface area contributed by atoms with Crippen LogP contribution in [-0.4, -0.2) is 24.3 Å². The van der Waals surface area contributed by atoms with E-state index in [0.29, 0.717) is 11.4 Å². The van der Waals surface area contributed by atoms with Crippen LogP contribution in [0.15, 0.2) is 65.7 Å². The van der Waals surface area contributed by atoms with Crippen LogP contribution in [0.2, 0.25) is 0 Å². The lowest BCUT2D eigenvalue weighted by Crippen LogP contribution is -2.14. The lowest BCUT2D eigenvalue weighted by Gasteiger charge is -2.12. The smallest absolute Gasteiger partial charge is 0.261 e. The van der Waals surface area contributed by atoms with Crippen molar-refractivity contribution < 1.29 is 13.2 Å². The molecule has 0 unspecified atom stereocenters. The molecule has 0 aliphatic heterocycles. The Bertz CT molecular complexity index is 1310. The summed E-state index contributed by atoms with van der Waals surface area (Å²) in [5, 5.41) is 3.38. The zero-order valence-electron chi connectivity index (χ0n) is 16.2. The van der Waals surface area contributed by atoms with Crippen LogP contribution in [0, 0.1) is 6.92 Å². The predicted molar refractivity (Wildman–Crippen MR) is 119 cm³/mol. The van der Waals surface area contributed by atoms with E-state index in [2.05, 4.69) is 20.0 Å². The van der Waals surface area contributed by atoms with E-state index >= 15 is 0 Å². The highest BCUT2D eigenvalue weighted by atomic mass is 32.2. The number of sulfonamides is 1. The molecule has 0 atom stereocenters. The van der Waals surface area contributed by atoms with Gasteiger partial charge < -0.3 is 5.32 Å². The summed E-state index contributed by atoms with van der Waals surface area (Å²) in [6.45, 7) is 3.23. The molecule has 0 aliphatic rings. The summed E-state index contributed by atoms with van der Waals surface area (Å²) < 4.78 is 28.4. The zero-order chi connectivity index (χ0) is 21.3. The maximum Gasteiger partial charge on any atom is 0.261 e. The SMILES string of the molecule is CC(=O)Nc1ccc(S(=O)(=O)Nc2cc(-c3nc4cccnc4s3)ccc2C)cc1. The third-order valence-corrected chi connectivity index (χ3v) is 6.79. The first-order valence-electron chi connectivity index (χ1n) is 9.05. The Morgan fingerprint density at radius 3 is 2.53 bits per heavy atom. The van der Waals surface area contributed by atoms with Crippen LogP contribution in [-0.2, 0) is 14.8 Å². The van der Waals surface area contributed by atoms with Crippen LogP contribution in [0.3, 0.4) is 0 Å². The van der Waals surface area contributed by atoms with Gasteiger partial charge in [-0.2, -0.15) is 0 Å². The van der Waals surface area contributed by atoms with Gasteiger partial charge in [-0.25, -0.2) is 18.4 Å². The molecule has 4 rings (SSSR count). The van der Waals surface area contributed by atoms with Crippen molar-refractivity contribution in [3.05, 3.63) is 66.4 Å². The summed E-state index contributed by atoms with van der Waals surface area (Å²) in [7, 11) is -3.80. The van der Waals surface area contributed by atoms with Gasteiger partial charge in [0.25, 0.3) is 10.0 Å². The highest BCUT2D eigenvalue weighted by molar-refractivity contribution is 7.92. The summed E-state index contributed by atoms with van der Waals surface area (Å²) in [5.74, 6) is -0.221. The number of anilines is 2. The molecule has 7 nitrogen and oxygen atoms in total. The third kappa shape index (κ3) is 4.17. The van der Waals surface area contributed by atoms with Crippen molar-refractivity contribution in [2.24, 2.45) is 0 Å². The Kier molecular flexibility index (Phi) is 5.23. The molecule has 0 aliphatic carbocycles. The summed E-state index contributed by atoms with van der Waals surface area (Å²) in [6, 6.07) is 15.3. The Morgan fingerprint density at radius 1 is 1.07 bits per heavy atom. The quantitative estimate of drug-likeness (QED) is 0.480. The fraction of sp³-hybridized carbons (Fsp3) is 0.0952. The van der Waals surface area contributed by atoms with Crippen molar-refractivity contribution in [2.75, 3.05) is 10.0 Å². The van der Waals surface area contributed by atoms with Crippen molar-refractivity contribution >= 4 is 49.0 Å². The second-order valence-electron chi connectivity index (χ2n) is 6.69. The maximum absolute atomic E-state index is 12.9. The molecule has 30 heavy (non-hydrogen) atoms. The summed E-state index contributed by atoms with van der Waals surface area (Å²) in [5.41, 5.74) is 3.41. The van der Waals surface area contributed by atoms with Crippen LogP contribution in [0.1, 0.15) is 12.5 Å². The molecule has 9 heteroatoms. The highest BCUT2D eigenvalue weighted by Crippen LogP contribution is 2.32. The third-order valence-electron chi connectivity index (χ3n) is 4.38. The minimum atomic E-state index is -3.80. The molecule has 2 heterocycles. The molecule has 1 amide bonds. The van der Waals surface area contributed by atoms with Crippen LogP contribution in [0.4, 0.5) is 11.4 Å². The normalized spacial score (nSPS) is 11.4. The molecule has 2 N–H and O–H groups in total. The van der Waals surface area contributed by atoms with Gasteiger partial charge in [0.2, 0.25) is 5.91 Å². The van der Waals surface area contributed by atoms with Gasteiger partial charge in [-0.15, -0.1) is 0 Å². The second kappa shape index (κ2) is 7.85. The van der Waals surface area contributed by atoms with Gasteiger partial charge >= 0.3 is 0 Å². The van der Waals surface area contributed by atoms with Crippen LogP contribution >= 0.6 is 11.3 Å². The minimum Gasteiger partial charge on any atom is -0.326 e. The number of pyridine rings is 1. The number of aryl methyl sites for hydroxylation is 1. The number of nitrogens with one attached hydrogen (secondary N) is 2. The average Bonchev–Trinajstić information content (AvgIpc) is 3.14. The van der Waals surface area contributed by atoms with E-state index in [1.807, 2.05) is 31.2 Å². The first-order valence-corrected chi connectivity index (χ1v) is 11.3. The number of benzene rings is 2. The van der Waals surface area contributed by atoms with Gasteiger partial charge in [0, 0.05) is 24.4 Å². The number of amides is 1. The molecule has 0 radical (unpaired) electrons. The van der Waals surface area contributed by atoms with Crippen molar-refractivity contribution in [3.63, 3.8) is 0 Å². The molecule has 0 bridgehead atoms. The molecule has 152 valence electrons. The Morgan fingerprint density at radius 2 is 1.83 bits per heavy atom. The number of fused-ring (bicyclic) bond motifs is 1. The van der Waals surface area contributed by atoms with E-state index in [1.54, 1.807) is 24.4 Å². The van der Waals surface area contributed by atoms with Crippen LogP contribution < -0.4 is 10.0 Å². The number of aromatic nitrogens is 2. The largest absolute Gasteiger partial charge is 0.326 e. The first-order chi connectivity index (χ1) is 14.3. The first kappa shape index (κ1) is 20.0. The monoisotopic (exact) mass is 438 g/mol. The van der Waals surface area contributed by atoms with E-state index in [-0.39, 0.29) is 10.8 Å². The number of carbonyl (C=O) groups excluding carboxylic acids is 1. The van der Waals surface area contributed by atoms with E-state index in [1.165, 1.54) is 30.4 Å². The van der Waals surface area contributed by atoms with Crippen molar-refractivity contribution in [1.29, 1.82) is 0 Å². The van der Waals surface area contributed by atoms with Gasteiger partial charge in [0.15, 0.2) is 0 Å². The highest BCUT2D eigenvalue weighted by Gasteiger charge is 2.17. The van der Waals surface area contributed by atoms with E-state index in [4.69, 9.17) is 0 Å². The van der Waals surface area contributed by atoms with Crippen molar-refractivity contribution in [2.45, 2.75) is 18.7 Å². The Balaban J connectivity index is 1.63. The van der Waals surface area contributed by atoms with Crippen molar-refractivity contribution in [3.8, 4) is 10.6 Å². The average molecular weight is 439 g/mol. The topological polar surface area (TPSA) is 101 Å². The number of carbonyl (C=O) groups is 1. The fourth-order valence-corrected chi connectivity index (χ4v) is 4.91. The molecule has 0 fully saturated rings. The van der Waals surface area contributed by atoms with Gasteiger partial charge in [0.05, 0.1) is 10.6 Å². The Hall–Kier alpha value is -3.30. The zero-order valence-corrected chi connectivity index (χ0v) is 17.8. The number of rotatable bonds is 5. The lowest BCUT2D eigenvalue weighted by atomic mass is 10.1. The molecule has 2 aromatic carbocycles. The lowest BCUT2D eigenvalue weighted by molar-refractivity contribution is -0.114. The van der Waals surface area contributed by atoms with E-state index in [0.717, 1.165) is 26.5 Å². The fourth-order valence-electron chi connectivity index (χ4n) is 2.88. The molecule has 0 spiro atoms. The second-order valence-corrected chi connectivity index (χ2v) is 9.35. The molecule has 4 aromatic rings. The molecule has 0 saturated heterocycles. The van der Waals surface area contributed by atoms with Gasteiger partial charge in [-0.3, -0.25) is 9.52 Å². The standard InChI is InChI=1S/C21H18N4O3S2/c1-13-5-6-15(20-24-18-4-3-11-22-21(18)29-20)12-19(13)25-30(27,28)17-9-7-16(8-10-17)23-14(2)26/h3-12,25H,1-2H3,(H,23,26). The summed E-state index contributed by atoms with van der Waals surface area (Å²) in [6.07, 6.45) is 1.72.